The summed E-state index contributed by atoms with van der Waals surface area (Å²) in [6.45, 7) is 0. The van der Waals surface area contributed by atoms with Crippen LogP contribution in [-0.4, -0.2) is 4.57 Å². The Kier molecular flexibility index (Phi) is 8.33. The van der Waals surface area contributed by atoms with Gasteiger partial charge in [0.2, 0.25) is 0 Å². The fourth-order valence-electron chi connectivity index (χ4n) is 11.3. The lowest BCUT2D eigenvalue weighted by Crippen LogP contribution is -1.98. The molecule has 0 saturated heterocycles. The molecule has 4 aromatic heterocycles. The molecule has 0 saturated carbocycles. The third-order valence-electron chi connectivity index (χ3n) is 14.5. The minimum Gasteiger partial charge on any atom is -0.455 e. The highest BCUT2D eigenvalue weighted by molar-refractivity contribution is 6.21. The van der Waals surface area contributed by atoms with Crippen molar-refractivity contribution in [3.05, 3.63) is 237 Å². The second kappa shape index (κ2) is 15.1. The van der Waals surface area contributed by atoms with Crippen molar-refractivity contribution in [2.75, 3.05) is 0 Å². The summed E-state index contributed by atoms with van der Waals surface area (Å²) in [4.78, 5) is 0. The average Bonchev–Trinajstić information content (AvgIpc) is 4.13. The molecule has 4 heteroatoms. The van der Waals surface area contributed by atoms with E-state index in [1.54, 1.807) is 0 Å². The van der Waals surface area contributed by atoms with Gasteiger partial charge in [0.15, 0.2) is 0 Å². The van der Waals surface area contributed by atoms with Gasteiger partial charge in [-0.15, -0.1) is 0 Å². The first-order valence-corrected chi connectivity index (χ1v) is 23.8. The van der Waals surface area contributed by atoms with Crippen molar-refractivity contribution >= 4 is 109 Å². The first-order valence-electron chi connectivity index (χ1n) is 23.8. The molecule has 0 unspecified atom stereocenters. The summed E-state index contributed by atoms with van der Waals surface area (Å²) in [6.07, 6.45) is 0. The van der Waals surface area contributed by atoms with E-state index >= 15 is 0 Å². The fraction of sp³-hybridized carbons (Fsp3) is 0. The smallest absolute Gasteiger partial charge is 0.143 e. The molecule has 0 atom stereocenters. The van der Waals surface area contributed by atoms with Crippen LogP contribution in [0.1, 0.15) is 0 Å². The average molecular weight is 894 g/mol. The predicted molar refractivity (Wildman–Crippen MR) is 292 cm³/mol. The third kappa shape index (κ3) is 5.77. The summed E-state index contributed by atoms with van der Waals surface area (Å²) in [5.74, 6) is 0. The normalized spacial score (nSPS) is 12.0. The molecule has 0 amide bonds. The molecule has 0 spiro atoms. The second-order valence-corrected chi connectivity index (χ2v) is 18.3. The fourth-order valence-corrected chi connectivity index (χ4v) is 11.3. The van der Waals surface area contributed by atoms with Crippen LogP contribution in [0.15, 0.2) is 250 Å². The van der Waals surface area contributed by atoms with Gasteiger partial charge < -0.3 is 17.8 Å². The van der Waals surface area contributed by atoms with Crippen molar-refractivity contribution < 1.29 is 13.3 Å². The van der Waals surface area contributed by atoms with Crippen molar-refractivity contribution in [1.82, 2.24) is 4.57 Å². The number of hydrogen-bond donors (Lipinski definition) is 0. The first kappa shape index (κ1) is 38.7. The van der Waals surface area contributed by atoms with E-state index in [-0.39, 0.29) is 0 Å². The Bertz CT molecular complexity index is 4490. The van der Waals surface area contributed by atoms with Crippen LogP contribution in [0.4, 0.5) is 0 Å². The molecule has 15 aromatic rings. The number of para-hydroxylation sites is 6. The van der Waals surface area contributed by atoms with Crippen molar-refractivity contribution in [1.29, 1.82) is 0 Å². The molecule has 0 aliphatic heterocycles. The number of fused-ring (bicyclic) bond motifs is 16. The summed E-state index contributed by atoms with van der Waals surface area (Å²) in [5, 5.41) is 13.5. The van der Waals surface area contributed by atoms with Gasteiger partial charge in [0, 0.05) is 65.5 Å². The van der Waals surface area contributed by atoms with Gasteiger partial charge in [-0.2, -0.15) is 0 Å². The van der Waals surface area contributed by atoms with Gasteiger partial charge in [-0.3, -0.25) is 0 Å². The topological polar surface area (TPSA) is 44.4 Å². The number of nitrogens with zero attached hydrogens (tertiary/aromatic N) is 1. The molecule has 0 aliphatic rings. The van der Waals surface area contributed by atoms with Gasteiger partial charge in [0.1, 0.15) is 33.5 Å². The van der Waals surface area contributed by atoms with Gasteiger partial charge >= 0.3 is 0 Å². The number of aromatic nitrogens is 1. The van der Waals surface area contributed by atoms with Gasteiger partial charge in [0.05, 0.1) is 11.0 Å². The van der Waals surface area contributed by atoms with E-state index in [2.05, 4.69) is 217 Å². The van der Waals surface area contributed by atoms with Crippen molar-refractivity contribution in [2.24, 2.45) is 0 Å². The lowest BCUT2D eigenvalue weighted by molar-refractivity contribution is 0.669. The Labute approximate surface area is 400 Å². The number of furan rings is 3. The maximum absolute atomic E-state index is 6.66. The maximum Gasteiger partial charge on any atom is 0.143 e. The largest absolute Gasteiger partial charge is 0.455 e. The van der Waals surface area contributed by atoms with Crippen molar-refractivity contribution in [3.8, 4) is 39.1 Å². The minimum absolute atomic E-state index is 0.883. The van der Waals surface area contributed by atoms with Crippen LogP contribution >= 0.6 is 0 Å². The standard InChI is InChI=1S/C66H39NO3/c1-3-16-49-47(14-1)48-15-2-4-17-50(48)58-39-42(46-23-13-26-56-53-20-7-10-29-63(53)70-66(46)56)33-37-60(58)67(43-34-30-40(31-35-43)44-21-11-24-54-51-18-5-8-27-61(51)68-64(44)54)59-36-32-41(38-57(49)59)45-22-12-25-55-52-19-6-9-28-62(52)69-65(45)55/h1-39H. The molecule has 15 rings (SSSR count). The maximum atomic E-state index is 6.66. The number of benzene rings is 11. The summed E-state index contributed by atoms with van der Waals surface area (Å²) in [5.41, 5.74) is 14.8. The monoisotopic (exact) mass is 893 g/mol. The van der Waals surface area contributed by atoms with Crippen molar-refractivity contribution in [2.45, 2.75) is 0 Å². The number of rotatable bonds is 4. The molecule has 326 valence electrons. The van der Waals surface area contributed by atoms with Crippen LogP contribution in [0.3, 0.4) is 0 Å². The Morgan fingerprint density at radius 3 is 0.943 bits per heavy atom. The van der Waals surface area contributed by atoms with Crippen molar-refractivity contribution in [3.63, 3.8) is 0 Å². The lowest BCUT2D eigenvalue weighted by Gasteiger charge is -2.16. The first-order chi connectivity index (χ1) is 34.7. The second-order valence-electron chi connectivity index (χ2n) is 18.3. The van der Waals surface area contributed by atoms with E-state index in [9.17, 15) is 0 Å². The molecule has 70 heavy (non-hydrogen) atoms. The highest BCUT2D eigenvalue weighted by Gasteiger charge is 2.19. The van der Waals surface area contributed by atoms with Crippen LogP contribution < -0.4 is 0 Å². The summed E-state index contributed by atoms with van der Waals surface area (Å²) in [7, 11) is 0. The molecule has 0 fully saturated rings. The Morgan fingerprint density at radius 2 is 0.543 bits per heavy atom. The van der Waals surface area contributed by atoms with Crippen LogP contribution in [-0.2, 0) is 0 Å². The van der Waals surface area contributed by atoms with E-state index in [1.165, 1.54) is 0 Å². The Morgan fingerprint density at radius 1 is 0.229 bits per heavy atom. The highest BCUT2D eigenvalue weighted by Crippen LogP contribution is 2.43. The van der Waals surface area contributed by atoms with Gasteiger partial charge in [0.25, 0.3) is 0 Å². The molecule has 0 N–H and O–H groups in total. The van der Waals surface area contributed by atoms with Crippen LogP contribution in [0.5, 0.6) is 0 Å². The zero-order chi connectivity index (χ0) is 45.9. The summed E-state index contributed by atoms with van der Waals surface area (Å²) in [6, 6.07) is 84.9. The summed E-state index contributed by atoms with van der Waals surface area (Å²) < 4.78 is 22.3. The highest BCUT2D eigenvalue weighted by atomic mass is 16.3. The molecular weight excluding hydrogens is 855 g/mol. The molecule has 0 bridgehead atoms. The SMILES string of the molecule is c1ccc2c(c1)oc1c(-c3ccc(-n4c5ccc(-c6cccc7c6oc6ccccc67)cc5c5ccccc5c5ccccc5c5cc(-c6cccc7c6oc6ccccc67)ccc54)cc3)cccc12. The quantitative estimate of drug-likeness (QED) is 0.177. The molecule has 4 heterocycles. The Hall–Kier alpha value is -9.38. The third-order valence-corrected chi connectivity index (χ3v) is 14.5. The van der Waals surface area contributed by atoms with E-state index in [1.807, 2.05) is 24.3 Å². The van der Waals surface area contributed by atoms with Crippen LogP contribution in [0.2, 0.25) is 0 Å². The molecule has 0 radical (unpaired) electrons. The minimum atomic E-state index is 0.883. The van der Waals surface area contributed by atoms with Crippen LogP contribution in [0.25, 0.3) is 148 Å². The Balaban J connectivity index is 1.06. The van der Waals surface area contributed by atoms with E-state index in [0.29, 0.717) is 0 Å². The number of hydrogen-bond acceptors (Lipinski definition) is 3. The molecule has 4 nitrogen and oxygen atoms in total. The lowest BCUT2D eigenvalue weighted by atomic mass is 9.97. The van der Waals surface area contributed by atoms with Gasteiger partial charge in [-0.25, -0.2) is 0 Å². The zero-order valence-electron chi connectivity index (χ0n) is 37.7. The predicted octanol–water partition coefficient (Wildman–Crippen LogP) is 18.9. The van der Waals surface area contributed by atoms with E-state index in [4.69, 9.17) is 13.3 Å². The van der Waals surface area contributed by atoms with E-state index < -0.39 is 0 Å². The van der Waals surface area contributed by atoms with Gasteiger partial charge in [-0.1, -0.05) is 182 Å². The van der Waals surface area contributed by atoms with Gasteiger partial charge in [-0.05, 0) is 92.8 Å². The summed E-state index contributed by atoms with van der Waals surface area (Å²) >= 11 is 0. The van der Waals surface area contributed by atoms with E-state index in [0.717, 1.165) is 148 Å². The molecular formula is C66H39NO3. The molecule has 11 aromatic carbocycles. The molecule has 0 aliphatic carbocycles. The zero-order valence-corrected chi connectivity index (χ0v) is 37.7. The van der Waals surface area contributed by atoms with Crippen LogP contribution in [0, 0.1) is 0 Å².